The Hall–Kier alpha value is -0.870. The minimum absolute atomic E-state index is 0.313. The van der Waals surface area contributed by atoms with Crippen LogP contribution in [-0.2, 0) is 13.5 Å². The van der Waals surface area contributed by atoms with Crippen molar-refractivity contribution in [1.82, 2.24) is 14.7 Å². The molecule has 4 heteroatoms. The lowest BCUT2D eigenvalue weighted by molar-refractivity contribution is 0.201. The topological polar surface area (TPSA) is 47.1 Å². The van der Waals surface area contributed by atoms with Crippen LogP contribution < -0.4 is 5.73 Å². The van der Waals surface area contributed by atoms with Crippen LogP contribution in [0, 0.1) is 0 Å². The van der Waals surface area contributed by atoms with Crippen molar-refractivity contribution in [2.45, 2.75) is 46.1 Å². The highest BCUT2D eigenvalue weighted by Crippen LogP contribution is 2.23. The highest BCUT2D eigenvalue weighted by atomic mass is 15.3. The molecule has 0 aliphatic rings. The van der Waals surface area contributed by atoms with E-state index in [2.05, 4.69) is 37.0 Å². The van der Waals surface area contributed by atoms with Crippen LogP contribution in [0.3, 0.4) is 0 Å². The van der Waals surface area contributed by atoms with Crippen LogP contribution in [0.1, 0.15) is 50.9 Å². The molecule has 0 saturated heterocycles. The van der Waals surface area contributed by atoms with E-state index in [1.54, 1.807) is 0 Å². The SMILES string of the molecule is CCCN(CCC)C(CN)c1cn(C)nc1CC. The molecule has 0 bridgehead atoms. The average Bonchev–Trinajstić information content (AvgIpc) is 2.72. The predicted molar refractivity (Wildman–Crippen MR) is 76.5 cm³/mol. The van der Waals surface area contributed by atoms with E-state index in [4.69, 9.17) is 5.73 Å². The Morgan fingerprint density at radius 2 is 1.89 bits per heavy atom. The average molecular weight is 252 g/mol. The van der Waals surface area contributed by atoms with Gasteiger partial charge in [-0.1, -0.05) is 20.8 Å². The fraction of sp³-hybridized carbons (Fsp3) is 0.786. The minimum Gasteiger partial charge on any atom is -0.329 e. The van der Waals surface area contributed by atoms with Crippen molar-refractivity contribution in [3.05, 3.63) is 17.5 Å². The first-order valence-electron chi connectivity index (χ1n) is 7.14. The van der Waals surface area contributed by atoms with Gasteiger partial charge in [-0.15, -0.1) is 0 Å². The van der Waals surface area contributed by atoms with Gasteiger partial charge < -0.3 is 5.73 Å². The van der Waals surface area contributed by atoms with Gasteiger partial charge in [0.1, 0.15) is 0 Å². The molecule has 1 heterocycles. The maximum Gasteiger partial charge on any atom is 0.0670 e. The van der Waals surface area contributed by atoms with Crippen LogP contribution in [0.5, 0.6) is 0 Å². The lowest BCUT2D eigenvalue weighted by atomic mass is 10.0. The quantitative estimate of drug-likeness (QED) is 0.771. The number of nitrogens with zero attached hydrogens (tertiary/aromatic N) is 3. The molecule has 0 aliphatic heterocycles. The summed E-state index contributed by atoms with van der Waals surface area (Å²) < 4.78 is 1.91. The van der Waals surface area contributed by atoms with Gasteiger partial charge in [0.15, 0.2) is 0 Å². The molecular weight excluding hydrogens is 224 g/mol. The Kier molecular flexibility index (Phi) is 6.36. The summed E-state index contributed by atoms with van der Waals surface area (Å²) in [5.74, 6) is 0. The van der Waals surface area contributed by atoms with Crippen molar-refractivity contribution in [2.24, 2.45) is 12.8 Å². The Morgan fingerprint density at radius 1 is 1.28 bits per heavy atom. The summed E-state index contributed by atoms with van der Waals surface area (Å²) in [6.07, 6.45) is 5.43. The molecule has 18 heavy (non-hydrogen) atoms. The Bertz CT molecular complexity index is 340. The van der Waals surface area contributed by atoms with Crippen LogP contribution in [0.15, 0.2) is 6.20 Å². The molecular formula is C14H28N4. The second-order valence-corrected chi connectivity index (χ2v) is 4.85. The van der Waals surface area contributed by atoms with Crippen LogP contribution in [-0.4, -0.2) is 34.3 Å². The Morgan fingerprint density at radius 3 is 2.33 bits per heavy atom. The lowest BCUT2D eigenvalue weighted by Crippen LogP contribution is -2.35. The first kappa shape index (κ1) is 15.2. The van der Waals surface area contributed by atoms with Crippen molar-refractivity contribution >= 4 is 0 Å². The maximum atomic E-state index is 6.02. The molecule has 1 atom stereocenters. The molecule has 1 aromatic heterocycles. The highest BCUT2D eigenvalue weighted by molar-refractivity contribution is 5.22. The lowest BCUT2D eigenvalue weighted by Gasteiger charge is -2.30. The molecule has 1 aromatic rings. The van der Waals surface area contributed by atoms with Crippen molar-refractivity contribution < 1.29 is 0 Å². The number of aryl methyl sites for hydroxylation is 2. The number of hydrogen-bond donors (Lipinski definition) is 1. The minimum atomic E-state index is 0.313. The summed E-state index contributed by atoms with van der Waals surface area (Å²) in [4.78, 5) is 2.50. The zero-order valence-electron chi connectivity index (χ0n) is 12.3. The zero-order chi connectivity index (χ0) is 13.5. The molecule has 0 fully saturated rings. The fourth-order valence-corrected chi connectivity index (χ4v) is 2.58. The van der Waals surface area contributed by atoms with Crippen LogP contribution in [0.4, 0.5) is 0 Å². The molecule has 0 amide bonds. The van der Waals surface area contributed by atoms with Crippen LogP contribution in [0.2, 0.25) is 0 Å². The van der Waals surface area contributed by atoms with Gasteiger partial charge in [-0.05, 0) is 32.4 Å². The van der Waals surface area contributed by atoms with E-state index in [0.29, 0.717) is 12.6 Å². The molecule has 0 spiro atoms. The van der Waals surface area contributed by atoms with Crippen molar-refractivity contribution in [3.8, 4) is 0 Å². The smallest absolute Gasteiger partial charge is 0.0670 e. The molecule has 0 aromatic carbocycles. The molecule has 0 saturated carbocycles. The molecule has 104 valence electrons. The van der Waals surface area contributed by atoms with Gasteiger partial charge in [0, 0.05) is 25.4 Å². The van der Waals surface area contributed by atoms with Gasteiger partial charge in [0.05, 0.1) is 11.7 Å². The third kappa shape index (κ3) is 3.56. The third-order valence-corrected chi connectivity index (χ3v) is 3.32. The van der Waals surface area contributed by atoms with E-state index in [9.17, 15) is 0 Å². The van der Waals surface area contributed by atoms with Gasteiger partial charge >= 0.3 is 0 Å². The Balaban J connectivity index is 2.97. The predicted octanol–water partition coefficient (Wildman–Crippen LogP) is 2.10. The third-order valence-electron chi connectivity index (χ3n) is 3.32. The second kappa shape index (κ2) is 7.54. The second-order valence-electron chi connectivity index (χ2n) is 4.85. The van der Waals surface area contributed by atoms with Gasteiger partial charge in [0.25, 0.3) is 0 Å². The van der Waals surface area contributed by atoms with E-state index in [1.807, 2.05) is 11.7 Å². The van der Waals surface area contributed by atoms with Crippen molar-refractivity contribution in [2.75, 3.05) is 19.6 Å². The van der Waals surface area contributed by atoms with Gasteiger partial charge in [-0.25, -0.2) is 0 Å². The summed E-state index contributed by atoms with van der Waals surface area (Å²) in [6, 6.07) is 0.313. The molecule has 0 radical (unpaired) electrons. The van der Waals surface area contributed by atoms with Gasteiger partial charge in [0.2, 0.25) is 0 Å². The normalized spacial score (nSPS) is 13.2. The summed E-state index contributed by atoms with van der Waals surface area (Å²) in [5, 5.41) is 4.54. The summed E-state index contributed by atoms with van der Waals surface area (Å²) >= 11 is 0. The molecule has 1 unspecified atom stereocenters. The van der Waals surface area contributed by atoms with Crippen LogP contribution >= 0.6 is 0 Å². The number of aromatic nitrogens is 2. The molecule has 1 rings (SSSR count). The van der Waals surface area contributed by atoms with E-state index in [0.717, 1.165) is 32.4 Å². The maximum absolute atomic E-state index is 6.02. The standard InChI is InChI=1S/C14H28N4/c1-5-8-18(9-6-2)14(10-15)12-11-17(4)16-13(12)7-3/h11,14H,5-10,15H2,1-4H3. The highest BCUT2D eigenvalue weighted by Gasteiger charge is 2.22. The zero-order valence-corrected chi connectivity index (χ0v) is 12.3. The molecule has 0 aliphatic carbocycles. The van der Waals surface area contributed by atoms with E-state index >= 15 is 0 Å². The number of hydrogen-bond acceptors (Lipinski definition) is 3. The molecule has 4 nitrogen and oxygen atoms in total. The summed E-state index contributed by atoms with van der Waals surface area (Å²) in [6.45, 7) is 9.48. The summed E-state index contributed by atoms with van der Waals surface area (Å²) in [7, 11) is 1.99. The van der Waals surface area contributed by atoms with Crippen LogP contribution in [0.25, 0.3) is 0 Å². The van der Waals surface area contributed by atoms with E-state index in [-0.39, 0.29) is 0 Å². The largest absolute Gasteiger partial charge is 0.329 e. The monoisotopic (exact) mass is 252 g/mol. The van der Waals surface area contributed by atoms with Crippen molar-refractivity contribution in [3.63, 3.8) is 0 Å². The Labute approximate surface area is 111 Å². The number of rotatable bonds is 8. The van der Waals surface area contributed by atoms with Gasteiger partial charge in [-0.2, -0.15) is 5.10 Å². The van der Waals surface area contributed by atoms with Gasteiger partial charge in [-0.3, -0.25) is 9.58 Å². The van der Waals surface area contributed by atoms with E-state index < -0.39 is 0 Å². The van der Waals surface area contributed by atoms with E-state index in [1.165, 1.54) is 11.3 Å². The first-order chi connectivity index (χ1) is 8.67. The van der Waals surface area contributed by atoms with Crippen molar-refractivity contribution in [1.29, 1.82) is 0 Å². The first-order valence-corrected chi connectivity index (χ1v) is 7.14. The fourth-order valence-electron chi connectivity index (χ4n) is 2.58. The summed E-state index contributed by atoms with van der Waals surface area (Å²) in [5.41, 5.74) is 8.52. The number of nitrogens with two attached hydrogens (primary N) is 1. The molecule has 2 N–H and O–H groups in total.